The third-order valence-electron chi connectivity index (χ3n) is 2.74. The van der Waals surface area contributed by atoms with Gasteiger partial charge in [-0.15, -0.1) is 0 Å². The van der Waals surface area contributed by atoms with E-state index in [4.69, 9.17) is 9.84 Å². The van der Waals surface area contributed by atoms with Crippen LogP contribution in [0.25, 0.3) is 11.3 Å². The van der Waals surface area contributed by atoms with Gasteiger partial charge < -0.3 is 9.84 Å². The predicted molar refractivity (Wildman–Crippen MR) is 74.0 cm³/mol. The molecule has 0 radical (unpaired) electrons. The Hall–Kier alpha value is -1.66. The minimum atomic E-state index is -1.03. The molecular formula is C13H13BrN2O3. The minimum Gasteiger partial charge on any atom is -0.476 e. The molecule has 1 N–H and O–H groups in total. The maximum atomic E-state index is 11.0. The molecule has 0 aliphatic carbocycles. The fourth-order valence-electron chi connectivity index (χ4n) is 1.91. The van der Waals surface area contributed by atoms with E-state index in [1.165, 1.54) is 0 Å². The average molecular weight is 325 g/mol. The van der Waals surface area contributed by atoms with Crippen molar-refractivity contribution in [1.29, 1.82) is 0 Å². The first kappa shape index (κ1) is 13.8. The zero-order chi connectivity index (χ0) is 14.0. The van der Waals surface area contributed by atoms with Gasteiger partial charge in [-0.2, -0.15) is 5.10 Å². The molecule has 0 unspecified atom stereocenters. The van der Waals surface area contributed by atoms with E-state index in [-0.39, 0.29) is 5.69 Å². The van der Waals surface area contributed by atoms with E-state index in [9.17, 15) is 4.79 Å². The number of carbonyl (C=O) groups is 1. The number of aromatic nitrogens is 2. The molecule has 1 aromatic carbocycles. The van der Waals surface area contributed by atoms with Crippen molar-refractivity contribution in [3.63, 3.8) is 0 Å². The summed E-state index contributed by atoms with van der Waals surface area (Å²) in [6.07, 6.45) is 0. The molecule has 2 rings (SSSR count). The lowest BCUT2D eigenvalue weighted by atomic mass is 10.0. The van der Waals surface area contributed by atoms with Gasteiger partial charge in [-0.05, 0) is 23.8 Å². The summed E-state index contributed by atoms with van der Waals surface area (Å²) in [4.78, 5) is 11.0. The monoisotopic (exact) mass is 324 g/mol. The Morgan fingerprint density at radius 2 is 2.21 bits per heavy atom. The average Bonchev–Trinajstić information content (AvgIpc) is 2.72. The van der Waals surface area contributed by atoms with Gasteiger partial charge in [0.05, 0.1) is 12.3 Å². The van der Waals surface area contributed by atoms with Gasteiger partial charge in [-0.3, -0.25) is 4.68 Å². The molecule has 6 heteroatoms. The van der Waals surface area contributed by atoms with E-state index in [2.05, 4.69) is 21.0 Å². The first-order valence-electron chi connectivity index (χ1n) is 5.58. The maximum absolute atomic E-state index is 11.0. The van der Waals surface area contributed by atoms with Crippen molar-refractivity contribution in [2.24, 2.45) is 7.05 Å². The largest absolute Gasteiger partial charge is 0.476 e. The number of benzene rings is 1. The van der Waals surface area contributed by atoms with Crippen molar-refractivity contribution >= 4 is 21.9 Å². The fourth-order valence-corrected chi connectivity index (χ4v) is 2.32. The first-order chi connectivity index (χ1) is 9.02. The van der Waals surface area contributed by atoms with Crippen LogP contribution in [0.15, 0.2) is 28.7 Å². The molecule has 0 amide bonds. The van der Waals surface area contributed by atoms with Crippen LogP contribution in [0.1, 0.15) is 16.1 Å². The number of carboxylic acids is 1. The highest BCUT2D eigenvalue weighted by atomic mass is 79.9. The van der Waals surface area contributed by atoms with Gasteiger partial charge in [0.1, 0.15) is 0 Å². The van der Waals surface area contributed by atoms with Crippen LogP contribution in [0, 0.1) is 0 Å². The van der Waals surface area contributed by atoms with E-state index in [1.54, 1.807) is 24.9 Å². The third kappa shape index (κ3) is 2.85. The smallest absolute Gasteiger partial charge is 0.356 e. The SMILES string of the molecule is COCc1cc(Br)ccc1-c1cc(C(=O)O)nn1C. The Bertz CT molecular complexity index is 622. The molecule has 0 saturated heterocycles. The molecule has 0 spiro atoms. The van der Waals surface area contributed by atoms with Gasteiger partial charge in [0, 0.05) is 24.2 Å². The van der Waals surface area contributed by atoms with Crippen LogP contribution in [-0.2, 0) is 18.4 Å². The molecule has 0 fully saturated rings. The highest BCUT2D eigenvalue weighted by Crippen LogP contribution is 2.27. The zero-order valence-electron chi connectivity index (χ0n) is 10.6. The van der Waals surface area contributed by atoms with Gasteiger partial charge in [0.15, 0.2) is 5.69 Å². The van der Waals surface area contributed by atoms with E-state index in [0.29, 0.717) is 6.61 Å². The Morgan fingerprint density at radius 1 is 1.47 bits per heavy atom. The number of aryl methyl sites for hydroxylation is 1. The molecule has 2 aromatic rings. The number of nitrogens with zero attached hydrogens (tertiary/aromatic N) is 2. The molecule has 1 heterocycles. The molecular weight excluding hydrogens is 312 g/mol. The van der Waals surface area contributed by atoms with E-state index >= 15 is 0 Å². The summed E-state index contributed by atoms with van der Waals surface area (Å²) in [5.41, 5.74) is 2.66. The van der Waals surface area contributed by atoms with Crippen LogP contribution >= 0.6 is 15.9 Å². The second-order valence-electron chi connectivity index (χ2n) is 4.08. The van der Waals surface area contributed by atoms with Crippen LogP contribution in [0.2, 0.25) is 0 Å². The van der Waals surface area contributed by atoms with Crippen LogP contribution in [-0.4, -0.2) is 28.0 Å². The van der Waals surface area contributed by atoms with Crippen molar-refractivity contribution in [3.8, 4) is 11.3 Å². The lowest BCUT2D eigenvalue weighted by Crippen LogP contribution is -2.00. The number of ether oxygens (including phenoxy) is 1. The normalized spacial score (nSPS) is 10.7. The summed E-state index contributed by atoms with van der Waals surface area (Å²) in [5, 5.41) is 13.0. The second kappa shape index (κ2) is 5.54. The molecule has 0 saturated carbocycles. The number of aromatic carboxylic acids is 1. The number of halogens is 1. The van der Waals surface area contributed by atoms with Crippen molar-refractivity contribution in [2.45, 2.75) is 6.61 Å². The van der Waals surface area contributed by atoms with Gasteiger partial charge in [0.25, 0.3) is 0 Å². The Labute approximate surface area is 118 Å². The molecule has 0 bridgehead atoms. The summed E-state index contributed by atoms with van der Waals surface area (Å²) in [6, 6.07) is 7.33. The van der Waals surface area contributed by atoms with Crippen molar-refractivity contribution in [1.82, 2.24) is 9.78 Å². The van der Waals surface area contributed by atoms with Gasteiger partial charge in [-0.25, -0.2) is 4.79 Å². The van der Waals surface area contributed by atoms with Crippen molar-refractivity contribution < 1.29 is 14.6 Å². The molecule has 0 aliphatic rings. The summed E-state index contributed by atoms with van der Waals surface area (Å²) < 4.78 is 7.68. The maximum Gasteiger partial charge on any atom is 0.356 e. The van der Waals surface area contributed by atoms with Crippen LogP contribution < -0.4 is 0 Å². The quantitative estimate of drug-likeness (QED) is 0.939. The Balaban J connectivity index is 2.54. The van der Waals surface area contributed by atoms with Crippen LogP contribution in [0.5, 0.6) is 0 Å². The lowest BCUT2D eigenvalue weighted by Gasteiger charge is -2.09. The number of hydrogen-bond donors (Lipinski definition) is 1. The van der Waals surface area contributed by atoms with Crippen molar-refractivity contribution in [2.75, 3.05) is 7.11 Å². The first-order valence-corrected chi connectivity index (χ1v) is 6.37. The summed E-state index contributed by atoms with van der Waals surface area (Å²) in [7, 11) is 3.34. The number of methoxy groups -OCH3 is 1. The lowest BCUT2D eigenvalue weighted by molar-refractivity contribution is 0.0689. The fraction of sp³-hybridized carbons (Fsp3) is 0.231. The van der Waals surface area contributed by atoms with Crippen molar-refractivity contribution in [3.05, 3.63) is 40.0 Å². The summed E-state index contributed by atoms with van der Waals surface area (Å²) in [5.74, 6) is -1.03. The summed E-state index contributed by atoms with van der Waals surface area (Å²) in [6.45, 7) is 0.447. The summed E-state index contributed by atoms with van der Waals surface area (Å²) >= 11 is 3.41. The highest BCUT2D eigenvalue weighted by molar-refractivity contribution is 9.10. The molecule has 1 aromatic heterocycles. The standard InChI is InChI=1S/C13H13BrN2O3/c1-16-12(6-11(15-16)13(17)18)10-4-3-9(14)5-8(10)7-19-2/h3-6H,7H2,1-2H3,(H,17,18). The topological polar surface area (TPSA) is 64.3 Å². The molecule has 19 heavy (non-hydrogen) atoms. The third-order valence-corrected chi connectivity index (χ3v) is 3.24. The molecule has 0 atom stereocenters. The molecule has 100 valence electrons. The predicted octanol–water partition coefficient (Wildman–Crippen LogP) is 2.69. The number of hydrogen-bond acceptors (Lipinski definition) is 3. The van der Waals surface area contributed by atoms with E-state index < -0.39 is 5.97 Å². The number of rotatable bonds is 4. The van der Waals surface area contributed by atoms with Crippen LogP contribution in [0.3, 0.4) is 0 Å². The Morgan fingerprint density at radius 3 is 2.79 bits per heavy atom. The van der Waals surface area contributed by atoms with Gasteiger partial charge >= 0.3 is 5.97 Å². The molecule has 5 nitrogen and oxygen atoms in total. The minimum absolute atomic E-state index is 0.0313. The molecule has 0 aliphatic heterocycles. The van der Waals surface area contributed by atoms with E-state index in [0.717, 1.165) is 21.3 Å². The van der Waals surface area contributed by atoms with Gasteiger partial charge in [0.2, 0.25) is 0 Å². The second-order valence-corrected chi connectivity index (χ2v) is 4.99. The van der Waals surface area contributed by atoms with E-state index in [1.807, 2.05) is 18.2 Å². The van der Waals surface area contributed by atoms with Crippen LogP contribution in [0.4, 0.5) is 0 Å². The number of carboxylic acid groups (broad SMARTS) is 1. The Kier molecular flexibility index (Phi) is 4.01. The highest BCUT2D eigenvalue weighted by Gasteiger charge is 2.15. The van der Waals surface area contributed by atoms with Gasteiger partial charge in [-0.1, -0.05) is 22.0 Å². The zero-order valence-corrected chi connectivity index (χ0v) is 12.1.